The molecular weight excluding hydrogens is 677 g/mol. The van der Waals surface area contributed by atoms with Crippen molar-refractivity contribution in [2.75, 3.05) is 29.9 Å². The number of carbonyl (C=O) groups excluding carboxylic acids is 4. The van der Waals surface area contributed by atoms with Crippen LogP contribution in [0.3, 0.4) is 0 Å². The molecule has 0 spiro atoms. The molecule has 5 N–H and O–H groups in total. The van der Waals surface area contributed by atoms with E-state index in [-0.39, 0.29) is 48.0 Å². The monoisotopic (exact) mass is 717 g/mol. The van der Waals surface area contributed by atoms with Crippen molar-refractivity contribution in [3.05, 3.63) is 107 Å². The number of imide groups is 2. The molecule has 3 fully saturated rings. The number of rotatable bonds is 8. The number of anilines is 2. The number of pyridine rings is 1. The number of amides is 4. The summed E-state index contributed by atoms with van der Waals surface area (Å²) in [5, 5.41) is 21.2. The highest BCUT2D eigenvalue weighted by Crippen LogP contribution is 2.33. The van der Waals surface area contributed by atoms with Gasteiger partial charge < -0.3 is 25.8 Å². The first-order chi connectivity index (χ1) is 25.7. The number of carbonyl (C=O) groups is 4. The molecule has 5 aliphatic heterocycles. The first-order valence-corrected chi connectivity index (χ1v) is 18.1. The first kappa shape index (κ1) is 34.1. The lowest BCUT2D eigenvalue weighted by Gasteiger charge is -2.34. The zero-order valence-corrected chi connectivity index (χ0v) is 29.0. The van der Waals surface area contributed by atoms with Crippen LogP contribution in [0.1, 0.15) is 76.5 Å². The summed E-state index contributed by atoms with van der Waals surface area (Å²) in [6.07, 6.45) is 9.08. The molecule has 2 aromatic carbocycles. The van der Waals surface area contributed by atoms with E-state index >= 15 is 0 Å². The summed E-state index contributed by atoms with van der Waals surface area (Å²) in [4.78, 5) is 60.5. The molecule has 13 nitrogen and oxygen atoms in total. The highest BCUT2D eigenvalue weighted by molar-refractivity contribution is 6.23. The summed E-state index contributed by atoms with van der Waals surface area (Å²) in [5.41, 5.74) is 3.79. The predicted octanol–water partition coefficient (Wildman–Crippen LogP) is 3.89. The number of benzene rings is 2. The van der Waals surface area contributed by atoms with Gasteiger partial charge in [-0.25, -0.2) is 9.37 Å². The van der Waals surface area contributed by atoms with Crippen molar-refractivity contribution >= 4 is 46.7 Å². The molecule has 272 valence electrons. The van der Waals surface area contributed by atoms with Gasteiger partial charge in [0.05, 0.1) is 28.6 Å². The van der Waals surface area contributed by atoms with Gasteiger partial charge >= 0.3 is 0 Å². The smallest absolute Gasteiger partial charge is 0.262 e. The molecule has 3 saturated heterocycles. The number of aromatic nitrogens is 1. The molecule has 0 radical (unpaired) electrons. The first-order valence-electron chi connectivity index (χ1n) is 18.1. The maximum atomic E-state index is 13.9. The summed E-state index contributed by atoms with van der Waals surface area (Å²) in [6, 6.07) is 16.8. The number of fused-ring (bicyclic) bond motifs is 1. The van der Waals surface area contributed by atoms with Crippen LogP contribution >= 0.6 is 0 Å². The van der Waals surface area contributed by atoms with Crippen LogP contribution in [0.5, 0.6) is 0 Å². The van der Waals surface area contributed by atoms with Crippen LogP contribution in [-0.4, -0.2) is 82.1 Å². The average Bonchev–Trinajstić information content (AvgIpc) is 3.91. The zero-order valence-electron chi connectivity index (χ0n) is 29.0. The van der Waals surface area contributed by atoms with E-state index in [9.17, 15) is 23.6 Å². The van der Waals surface area contributed by atoms with Gasteiger partial charge in [-0.05, 0) is 92.3 Å². The molecule has 14 heteroatoms. The topological polar surface area (TPSA) is 163 Å². The maximum Gasteiger partial charge on any atom is 0.262 e. The van der Waals surface area contributed by atoms with Crippen molar-refractivity contribution in [2.45, 2.75) is 62.8 Å². The summed E-state index contributed by atoms with van der Waals surface area (Å²) in [5.74, 6) is -1.07. The second-order valence-electron chi connectivity index (χ2n) is 14.0. The second kappa shape index (κ2) is 14.2. The van der Waals surface area contributed by atoms with E-state index in [1.54, 1.807) is 36.4 Å². The Balaban J connectivity index is 0.839. The van der Waals surface area contributed by atoms with Crippen LogP contribution in [0.2, 0.25) is 0 Å². The van der Waals surface area contributed by atoms with Gasteiger partial charge in [0.15, 0.2) is 0 Å². The molecular formula is C39H40FN9O4. The van der Waals surface area contributed by atoms with Gasteiger partial charge in [0.2, 0.25) is 11.8 Å². The van der Waals surface area contributed by atoms with Crippen LogP contribution in [0, 0.1) is 11.2 Å². The summed E-state index contributed by atoms with van der Waals surface area (Å²) >= 11 is 0. The van der Waals surface area contributed by atoms with Crippen molar-refractivity contribution in [1.82, 2.24) is 30.7 Å². The third kappa shape index (κ3) is 6.84. The fraction of sp³-hybridized carbons (Fsp3) is 0.333. The third-order valence-corrected chi connectivity index (χ3v) is 10.6. The molecule has 0 saturated carbocycles. The van der Waals surface area contributed by atoms with Crippen LogP contribution in [-0.2, 0) is 9.59 Å². The lowest BCUT2D eigenvalue weighted by Crippen LogP contribution is -2.54. The number of amidine groups is 1. The predicted molar refractivity (Wildman–Crippen MR) is 196 cm³/mol. The van der Waals surface area contributed by atoms with E-state index in [0.29, 0.717) is 5.84 Å². The van der Waals surface area contributed by atoms with Crippen molar-refractivity contribution < 1.29 is 23.6 Å². The standard InChI is InChI=1S/C39H40FN9O4/c40-24-5-1-4-23(20-24)31-7-3-17-48(31)33(41)12-13-34-42-22-30(44-34)29-6-2-8-35(45-29)47-18-15-25(16-19-47)43-26-9-10-27-28(21-26)39(53)49(38(27)52)32-11-14-36(50)46-37(32)51/h1-2,4-6,8-10,12-13,20-22,25,31-32,34,41-44H,3,7,11,14-19H2,(H,46,50,51)/b13-12-,41-33?/t31-,32?,34?/m1/s1. The van der Waals surface area contributed by atoms with Gasteiger partial charge in [0.1, 0.15) is 29.7 Å². The van der Waals surface area contributed by atoms with E-state index in [1.165, 1.54) is 6.07 Å². The van der Waals surface area contributed by atoms with Crippen molar-refractivity contribution in [2.24, 2.45) is 0 Å². The Labute approximate surface area is 305 Å². The van der Waals surface area contributed by atoms with Gasteiger partial charge in [-0.2, -0.15) is 0 Å². The van der Waals surface area contributed by atoms with Crippen LogP contribution in [0.4, 0.5) is 15.9 Å². The van der Waals surface area contributed by atoms with E-state index in [0.717, 1.165) is 78.7 Å². The lowest BCUT2D eigenvalue weighted by molar-refractivity contribution is -0.136. The molecule has 6 heterocycles. The van der Waals surface area contributed by atoms with Crippen LogP contribution in [0.15, 0.2) is 79.0 Å². The Kier molecular flexibility index (Phi) is 9.10. The SMILES string of the molecule is N=C(/C=C\C1NC=C(c2cccc(N3CCC(Nc4ccc5c(c4)C(=O)N(C4CCC(=O)NC4=O)C5=O)CC3)n2)N1)N1CCC[C@@H]1c1cccc(F)c1. The zero-order chi connectivity index (χ0) is 36.6. The molecule has 0 bridgehead atoms. The minimum atomic E-state index is -0.993. The van der Waals surface area contributed by atoms with E-state index < -0.39 is 29.7 Å². The number of hydrogen-bond acceptors (Lipinski definition) is 10. The Morgan fingerprint density at radius 1 is 0.906 bits per heavy atom. The third-order valence-electron chi connectivity index (χ3n) is 10.6. The average molecular weight is 718 g/mol. The van der Waals surface area contributed by atoms with Crippen molar-refractivity contribution in [1.29, 1.82) is 5.41 Å². The van der Waals surface area contributed by atoms with Crippen LogP contribution < -0.4 is 26.2 Å². The summed E-state index contributed by atoms with van der Waals surface area (Å²) in [6.45, 7) is 2.30. The molecule has 3 aromatic rings. The van der Waals surface area contributed by atoms with Gasteiger partial charge in [0, 0.05) is 44.0 Å². The number of nitrogens with zero attached hydrogens (tertiary/aromatic N) is 4. The Hall–Kier alpha value is -6.05. The molecule has 3 atom stereocenters. The Bertz CT molecular complexity index is 2060. The molecule has 5 aliphatic rings. The Morgan fingerprint density at radius 2 is 1.72 bits per heavy atom. The van der Waals surface area contributed by atoms with Gasteiger partial charge in [-0.1, -0.05) is 18.2 Å². The number of piperidine rings is 2. The van der Waals surface area contributed by atoms with Gasteiger partial charge in [-0.3, -0.25) is 34.8 Å². The minimum absolute atomic E-state index is 0.00888. The number of hydrogen-bond donors (Lipinski definition) is 5. The quantitative estimate of drug-likeness (QED) is 0.131. The fourth-order valence-electron chi connectivity index (χ4n) is 7.87. The van der Waals surface area contributed by atoms with E-state index in [1.807, 2.05) is 41.4 Å². The normalized spacial score (nSPS) is 23.2. The van der Waals surface area contributed by atoms with Gasteiger partial charge in [0.25, 0.3) is 11.8 Å². The molecule has 53 heavy (non-hydrogen) atoms. The van der Waals surface area contributed by atoms with E-state index in [2.05, 4.69) is 26.2 Å². The number of likely N-dealkylation sites (tertiary alicyclic amines) is 1. The minimum Gasteiger partial charge on any atom is -0.382 e. The van der Waals surface area contributed by atoms with Gasteiger partial charge in [-0.15, -0.1) is 0 Å². The number of nitrogens with one attached hydrogen (secondary N) is 5. The van der Waals surface area contributed by atoms with E-state index in [4.69, 9.17) is 10.4 Å². The number of halogens is 1. The molecule has 8 rings (SSSR count). The lowest BCUT2D eigenvalue weighted by atomic mass is 10.0. The second-order valence-corrected chi connectivity index (χ2v) is 14.0. The van der Waals surface area contributed by atoms with Crippen molar-refractivity contribution in [3.8, 4) is 0 Å². The largest absolute Gasteiger partial charge is 0.382 e. The molecule has 0 aliphatic carbocycles. The highest BCUT2D eigenvalue weighted by Gasteiger charge is 2.44. The Morgan fingerprint density at radius 3 is 2.53 bits per heavy atom. The highest BCUT2D eigenvalue weighted by atomic mass is 19.1. The summed E-state index contributed by atoms with van der Waals surface area (Å²) < 4.78 is 13.9. The molecule has 4 amide bonds. The molecule has 1 aromatic heterocycles. The fourth-order valence-corrected chi connectivity index (χ4v) is 7.87. The maximum absolute atomic E-state index is 13.9. The summed E-state index contributed by atoms with van der Waals surface area (Å²) in [7, 11) is 0. The molecule has 2 unspecified atom stereocenters. The van der Waals surface area contributed by atoms with Crippen molar-refractivity contribution in [3.63, 3.8) is 0 Å². The van der Waals surface area contributed by atoms with Crippen LogP contribution in [0.25, 0.3) is 5.70 Å².